The molecule has 0 spiro atoms. The van der Waals surface area contributed by atoms with E-state index in [0.29, 0.717) is 22.9 Å². The van der Waals surface area contributed by atoms with E-state index >= 15 is 0 Å². The van der Waals surface area contributed by atoms with Gasteiger partial charge in [0.25, 0.3) is 5.56 Å². The van der Waals surface area contributed by atoms with Crippen molar-refractivity contribution in [1.82, 2.24) is 14.9 Å². The Hall–Kier alpha value is -3.88. The average molecular weight is 410 g/mol. The first kappa shape index (κ1) is 19.4. The zero-order valence-electron chi connectivity index (χ0n) is 16.1. The SMILES string of the molecule is Cc1cc(=O)n(CC(=O)NCc2ccc3c(c2)OCO3)c(Nc2ccc(F)cc2)n1. The van der Waals surface area contributed by atoms with Crippen LogP contribution in [0.5, 0.6) is 11.5 Å². The van der Waals surface area contributed by atoms with E-state index in [1.165, 1.54) is 34.9 Å². The number of carbonyl (C=O) groups excluding carboxylic acids is 1. The van der Waals surface area contributed by atoms with Crippen LogP contribution in [0.25, 0.3) is 0 Å². The highest BCUT2D eigenvalue weighted by atomic mass is 19.1. The summed E-state index contributed by atoms with van der Waals surface area (Å²) in [5.41, 5.74) is 1.52. The lowest BCUT2D eigenvalue weighted by molar-refractivity contribution is -0.121. The van der Waals surface area contributed by atoms with Crippen LogP contribution in [-0.2, 0) is 17.9 Å². The maximum Gasteiger partial charge on any atom is 0.255 e. The van der Waals surface area contributed by atoms with Crippen LogP contribution in [0.15, 0.2) is 53.3 Å². The Morgan fingerprint density at radius 2 is 1.90 bits per heavy atom. The van der Waals surface area contributed by atoms with E-state index in [9.17, 15) is 14.0 Å². The summed E-state index contributed by atoms with van der Waals surface area (Å²) in [6.07, 6.45) is 0. The molecule has 0 fully saturated rings. The largest absolute Gasteiger partial charge is 0.454 e. The van der Waals surface area contributed by atoms with E-state index in [2.05, 4.69) is 15.6 Å². The minimum Gasteiger partial charge on any atom is -0.454 e. The van der Waals surface area contributed by atoms with Crippen LogP contribution < -0.4 is 25.7 Å². The predicted molar refractivity (Wildman–Crippen MR) is 107 cm³/mol. The summed E-state index contributed by atoms with van der Waals surface area (Å²) in [7, 11) is 0. The molecular weight excluding hydrogens is 391 g/mol. The van der Waals surface area contributed by atoms with E-state index in [4.69, 9.17) is 9.47 Å². The van der Waals surface area contributed by atoms with Gasteiger partial charge >= 0.3 is 0 Å². The van der Waals surface area contributed by atoms with E-state index in [1.54, 1.807) is 19.1 Å². The zero-order chi connectivity index (χ0) is 21.1. The van der Waals surface area contributed by atoms with E-state index < -0.39 is 0 Å². The quantitative estimate of drug-likeness (QED) is 0.649. The number of hydrogen-bond acceptors (Lipinski definition) is 6. The van der Waals surface area contributed by atoms with E-state index in [-0.39, 0.29) is 43.1 Å². The van der Waals surface area contributed by atoms with Crippen LogP contribution in [0.1, 0.15) is 11.3 Å². The number of rotatable bonds is 6. The molecule has 0 saturated carbocycles. The Balaban J connectivity index is 1.47. The van der Waals surface area contributed by atoms with Crippen molar-refractivity contribution in [3.8, 4) is 11.5 Å². The Bertz CT molecular complexity index is 1140. The standard InChI is InChI=1S/C21H19FN4O4/c1-13-8-20(28)26(21(24-13)25-16-5-3-15(22)4-6-16)11-19(27)23-10-14-2-7-17-18(9-14)30-12-29-17/h2-9H,10-12H2,1H3,(H,23,27)(H,24,25). The first-order valence-corrected chi connectivity index (χ1v) is 9.24. The summed E-state index contributed by atoms with van der Waals surface area (Å²) < 4.78 is 25.0. The summed E-state index contributed by atoms with van der Waals surface area (Å²) in [5.74, 6) is 0.760. The Labute approximate surface area is 171 Å². The zero-order valence-corrected chi connectivity index (χ0v) is 16.1. The smallest absolute Gasteiger partial charge is 0.255 e. The lowest BCUT2D eigenvalue weighted by Gasteiger charge is -2.14. The molecule has 0 atom stereocenters. The number of aromatic nitrogens is 2. The fourth-order valence-electron chi connectivity index (χ4n) is 2.98. The molecule has 1 amide bonds. The second-order valence-electron chi connectivity index (χ2n) is 6.74. The topological polar surface area (TPSA) is 94.5 Å². The number of nitrogens with zero attached hydrogens (tertiary/aromatic N) is 2. The van der Waals surface area contributed by atoms with Gasteiger partial charge in [0.2, 0.25) is 18.6 Å². The second-order valence-corrected chi connectivity index (χ2v) is 6.74. The van der Waals surface area contributed by atoms with Gasteiger partial charge in [-0.1, -0.05) is 6.07 Å². The Kier molecular flexibility index (Phi) is 5.34. The highest BCUT2D eigenvalue weighted by molar-refractivity contribution is 5.76. The molecule has 3 aromatic rings. The number of nitrogens with one attached hydrogen (secondary N) is 2. The molecule has 0 saturated heterocycles. The van der Waals surface area contributed by atoms with Crippen LogP contribution in [-0.4, -0.2) is 22.3 Å². The van der Waals surface area contributed by atoms with Gasteiger partial charge in [0.05, 0.1) is 0 Å². The summed E-state index contributed by atoms with van der Waals surface area (Å²) >= 11 is 0. The van der Waals surface area contributed by atoms with Crippen LogP contribution in [0.2, 0.25) is 0 Å². The van der Waals surface area contributed by atoms with E-state index in [0.717, 1.165) is 5.56 Å². The average Bonchev–Trinajstić information content (AvgIpc) is 3.18. The maximum atomic E-state index is 13.1. The van der Waals surface area contributed by atoms with Gasteiger partial charge in [-0.15, -0.1) is 0 Å². The highest BCUT2D eigenvalue weighted by Crippen LogP contribution is 2.32. The number of aryl methyl sites for hydroxylation is 1. The molecule has 2 aromatic carbocycles. The van der Waals surface area contributed by atoms with Gasteiger partial charge in [0, 0.05) is 24.0 Å². The molecule has 30 heavy (non-hydrogen) atoms. The van der Waals surface area contributed by atoms with Gasteiger partial charge in [-0.25, -0.2) is 9.37 Å². The molecule has 0 radical (unpaired) electrons. The summed E-state index contributed by atoms with van der Waals surface area (Å²) in [5, 5.41) is 5.74. The molecule has 8 nitrogen and oxygen atoms in total. The molecule has 4 rings (SSSR count). The van der Waals surface area contributed by atoms with Crippen molar-refractivity contribution in [3.63, 3.8) is 0 Å². The molecule has 0 bridgehead atoms. The molecule has 0 unspecified atom stereocenters. The normalized spacial score (nSPS) is 11.9. The fourth-order valence-corrected chi connectivity index (χ4v) is 2.98. The summed E-state index contributed by atoms with van der Waals surface area (Å²) in [4.78, 5) is 29.2. The monoisotopic (exact) mass is 410 g/mol. The number of benzene rings is 2. The molecule has 9 heteroatoms. The van der Waals surface area contributed by atoms with Gasteiger partial charge in [0.15, 0.2) is 11.5 Å². The molecule has 0 aliphatic carbocycles. The number of anilines is 2. The molecule has 1 aliphatic heterocycles. The van der Waals surface area contributed by atoms with Gasteiger partial charge in [-0.3, -0.25) is 14.2 Å². The number of fused-ring (bicyclic) bond motifs is 1. The summed E-state index contributed by atoms with van der Waals surface area (Å²) in [6.45, 7) is 1.91. The van der Waals surface area contributed by atoms with Crippen LogP contribution in [0.3, 0.4) is 0 Å². The fraction of sp³-hybridized carbons (Fsp3) is 0.190. The molecule has 2 N–H and O–H groups in total. The Morgan fingerprint density at radius 1 is 1.13 bits per heavy atom. The van der Waals surface area contributed by atoms with Crippen molar-refractivity contribution >= 4 is 17.5 Å². The molecular formula is C21H19FN4O4. The third-order valence-corrected chi connectivity index (χ3v) is 4.47. The minimum atomic E-state index is -0.377. The van der Waals surface area contributed by atoms with Gasteiger partial charge in [-0.2, -0.15) is 0 Å². The first-order valence-electron chi connectivity index (χ1n) is 9.24. The first-order chi connectivity index (χ1) is 14.5. The lowest BCUT2D eigenvalue weighted by Crippen LogP contribution is -2.33. The lowest BCUT2D eigenvalue weighted by atomic mass is 10.2. The van der Waals surface area contributed by atoms with Gasteiger partial charge < -0.3 is 20.1 Å². The number of carbonyl (C=O) groups is 1. The van der Waals surface area contributed by atoms with Crippen molar-refractivity contribution in [1.29, 1.82) is 0 Å². The molecule has 154 valence electrons. The van der Waals surface area contributed by atoms with Gasteiger partial charge in [-0.05, 0) is 48.9 Å². The van der Waals surface area contributed by atoms with Crippen LogP contribution in [0.4, 0.5) is 16.0 Å². The van der Waals surface area contributed by atoms with Crippen molar-refractivity contribution < 1.29 is 18.7 Å². The minimum absolute atomic E-state index is 0.179. The Morgan fingerprint density at radius 3 is 2.70 bits per heavy atom. The number of amides is 1. The number of halogens is 1. The van der Waals surface area contributed by atoms with Crippen LogP contribution >= 0.6 is 0 Å². The van der Waals surface area contributed by atoms with Crippen molar-refractivity contribution in [3.05, 3.63) is 76.0 Å². The van der Waals surface area contributed by atoms with E-state index in [1.807, 2.05) is 6.07 Å². The second kappa shape index (κ2) is 8.24. The van der Waals surface area contributed by atoms with Crippen molar-refractivity contribution in [2.75, 3.05) is 12.1 Å². The molecule has 2 heterocycles. The summed E-state index contributed by atoms with van der Waals surface area (Å²) in [6, 6.07) is 12.4. The third-order valence-electron chi connectivity index (χ3n) is 4.47. The van der Waals surface area contributed by atoms with Gasteiger partial charge in [0.1, 0.15) is 12.4 Å². The van der Waals surface area contributed by atoms with Crippen molar-refractivity contribution in [2.45, 2.75) is 20.0 Å². The number of hydrogen-bond donors (Lipinski definition) is 2. The third kappa shape index (κ3) is 4.40. The van der Waals surface area contributed by atoms with Crippen LogP contribution in [0, 0.1) is 12.7 Å². The molecule has 1 aromatic heterocycles. The molecule has 1 aliphatic rings. The highest BCUT2D eigenvalue weighted by Gasteiger charge is 2.15. The maximum absolute atomic E-state index is 13.1. The van der Waals surface area contributed by atoms with Crippen molar-refractivity contribution in [2.24, 2.45) is 0 Å². The number of ether oxygens (including phenoxy) is 2. The predicted octanol–water partition coefficient (Wildman–Crippen LogP) is 2.48.